The number of hydrogen-bond acceptors (Lipinski definition) is 4. The molecule has 1 aromatic heterocycles. The molecule has 2 N–H and O–H groups in total. The summed E-state index contributed by atoms with van der Waals surface area (Å²) in [6.07, 6.45) is 3.65. The van der Waals surface area contributed by atoms with Gasteiger partial charge in [0.15, 0.2) is 0 Å². The second kappa shape index (κ2) is 7.28. The van der Waals surface area contributed by atoms with Crippen molar-refractivity contribution in [2.24, 2.45) is 0 Å². The Labute approximate surface area is 161 Å². The molecule has 0 saturated carbocycles. The van der Waals surface area contributed by atoms with Crippen molar-refractivity contribution in [3.63, 3.8) is 0 Å². The Morgan fingerprint density at radius 1 is 1.26 bits per heavy atom. The molecule has 3 aromatic rings. The summed E-state index contributed by atoms with van der Waals surface area (Å²) in [4.78, 5) is 25.4. The number of nitrogens with one attached hydrogen (secondary N) is 2. The van der Waals surface area contributed by atoms with E-state index in [1.54, 1.807) is 18.3 Å². The highest BCUT2D eigenvalue weighted by atomic mass is 32.2. The van der Waals surface area contributed by atoms with E-state index < -0.39 is 0 Å². The van der Waals surface area contributed by atoms with Crippen molar-refractivity contribution in [3.05, 3.63) is 72.1 Å². The monoisotopic (exact) mass is 378 g/mol. The van der Waals surface area contributed by atoms with E-state index in [4.69, 9.17) is 0 Å². The normalized spacial score (nSPS) is 15.7. The first kappa shape index (κ1) is 17.4. The summed E-state index contributed by atoms with van der Waals surface area (Å²) >= 11 is 1.50. The van der Waals surface area contributed by atoms with Gasteiger partial charge in [0.25, 0.3) is 5.91 Å². The number of aromatic nitrogens is 2. The van der Waals surface area contributed by atoms with Gasteiger partial charge in [-0.25, -0.2) is 0 Å². The highest BCUT2D eigenvalue weighted by Crippen LogP contribution is 2.36. The van der Waals surface area contributed by atoms with Crippen LogP contribution < -0.4 is 10.6 Å². The van der Waals surface area contributed by atoms with Crippen molar-refractivity contribution in [2.45, 2.75) is 23.6 Å². The van der Waals surface area contributed by atoms with Crippen LogP contribution >= 0.6 is 11.8 Å². The van der Waals surface area contributed by atoms with Gasteiger partial charge in [0.05, 0.1) is 17.5 Å². The fourth-order valence-electron chi connectivity index (χ4n) is 2.83. The van der Waals surface area contributed by atoms with Gasteiger partial charge in [-0.3, -0.25) is 14.3 Å². The Balaban J connectivity index is 1.44. The van der Waals surface area contributed by atoms with Gasteiger partial charge in [-0.2, -0.15) is 5.10 Å². The second-order valence-electron chi connectivity index (χ2n) is 6.31. The van der Waals surface area contributed by atoms with Crippen molar-refractivity contribution in [1.82, 2.24) is 9.78 Å². The number of hydrogen-bond donors (Lipinski definition) is 2. The first-order chi connectivity index (χ1) is 13.1. The van der Waals surface area contributed by atoms with Gasteiger partial charge in [-0.15, -0.1) is 11.8 Å². The van der Waals surface area contributed by atoms with Gasteiger partial charge < -0.3 is 10.6 Å². The minimum Gasteiger partial charge on any atom is -0.324 e. The van der Waals surface area contributed by atoms with E-state index in [0.717, 1.165) is 10.5 Å². The molecule has 7 heteroatoms. The molecule has 136 valence electrons. The van der Waals surface area contributed by atoms with Crippen LogP contribution in [-0.2, 0) is 11.3 Å². The topological polar surface area (TPSA) is 76.0 Å². The van der Waals surface area contributed by atoms with Gasteiger partial charge in [0.2, 0.25) is 5.91 Å². The second-order valence-corrected chi connectivity index (χ2v) is 7.70. The van der Waals surface area contributed by atoms with Crippen LogP contribution in [0.25, 0.3) is 0 Å². The molecule has 0 aliphatic carbocycles. The maximum absolute atomic E-state index is 12.5. The molecule has 1 unspecified atom stereocenters. The van der Waals surface area contributed by atoms with Crippen LogP contribution in [0.3, 0.4) is 0 Å². The van der Waals surface area contributed by atoms with E-state index >= 15 is 0 Å². The molecule has 1 aliphatic rings. The summed E-state index contributed by atoms with van der Waals surface area (Å²) in [5.41, 5.74) is 3.00. The number of nitrogens with zero attached hydrogens (tertiary/aromatic N) is 2. The summed E-state index contributed by atoms with van der Waals surface area (Å²) in [6, 6.07) is 14.9. The number of carbonyl (C=O) groups excluding carboxylic acids is 2. The van der Waals surface area contributed by atoms with Crippen LogP contribution in [0.4, 0.5) is 11.4 Å². The quantitative estimate of drug-likeness (QED) is 0.727. The Hall–Kier alpha value is -3.06. The van der Waals surface area contributed by atoms with Gasteiger partial charge >= 0.3 is 0 Å². The third-order valence-corrected chi connectivity index (χ3v) is 5.47. The van der Waals surface area contributed by atoms with E-state index in [1.165, 1.54) is 11.8 Å². The first-order valence-corrected chi connectivity index (χ1v) is 9.46. The van der Waals surface area contributed by atoms with Gasteiger partial charge in [0, 0.05) is 28.5 Å². The number of anilines is 2. The fourth-order valence-corrected chi connectivity index (χ4v) is 3.76. The lowest BCUT2D eigenvalue weighted by Gasteiger charge is -2.21. The van der Waals surface area contributed by atoms with Crippen molar-refractivity contribution < 1.29 is 9.59 Å². The smallest absolute Gasteiger partial charge is 0.255 e. The summed E-state index contributed by atoms with van der Waals surface area (Å²) < 4.78 is 1.84. The first-order valence-electron chi connectivity index (χ1n) is 8.58. The van der Waals surface area contributed by atoms with Crippen molar-refractivity contribution in [3.8, 4) is 0 Å². The molecule has 2 heterocycles. The van der Waals surface area contributed by atoms with E-state index in [2.05, 4.69) is 15.7 Å². The van der Waals surface area contributed by atoms with E-state index in [9.17, 15) is 9.59 Å². The Kier molecular flexibility index (Phi) is 4.68. The molecule has 2 amide bonds. The largest absolute Gasteiger partial charge is 0.324 e. The zero-order valence-corrected chi connectivity index (χ0v) is 15.5. The molecule has 2 aromatic carbocycles. The number of thioether (sulfide) groups is 1. The predicted octanol–water partition coefficient (Wildman–Crippen LogP) is 3.62. The van der Waals surface area contributed by atoms with Gasteiger partial charge in [-0.1, -0.05) is 12.1 Å². The zero-order chi connectivity index (χ0) is 18.8. The van der Waals surface area contributed by atoms with Crippen molar-refractivity contribution in [2.75, 3.05) is 10.6 Å². The van der Waals surface area contributed by atoms with E-state index in [0.29, 0.717) is 23.5 Å². The summed E-state index contributed by atoms with van der Waals surface area (Å²) in [6.45, 7) is 2.54. The average molecular weight is 378 g/mol. The molecule has 4 rings (SSSR count). The molecule has 0 bridgehead atoms. The average Bonchev–Trinajstić information content (AvgIpc) is 3.17. The predicted molar refractivity (Wildman–Crippen MR) is 106 cm³/mol. The standard InChI is InChI=1S/C20H18N4O2S/c1-13-19(25)23-17-11-15(5-8-18(17)27-13)20(26)22-16-6-3-14(4-7-16)12-24-10-2-9-21-24/h2-11,13H,12H2,1H3,(H,22,26)(H,23,25). The molecule has 27 heavy (non-hydrogen) atoms. The SMILES string of the molecule is CC1Sc2ccc(C(=O)Nc3ccc(Cn4cccn4)cc3)cc2NC1=O. The molecule has 0 fully saturated rings. The molecular weight excluding hydrogens is 360 g/mol. The van der Waals surface area contributed by atoms with Crippen LogP contribution in [0.5, 0.6) is 0 Å². The number of benzene rings is 2. The van der Waals surface area contributed by atoms with Crippen LogP contribution in [0, 0.1) is 0 Å². The molecule has 0 spiro atoms. The van der Waals surface area contributed by atoms with E-state index in [-0.39, 0.29) is 17.1 Å². The third kappa shape index (κ3) is 3.88. The third-order valence-electron chi connectivity index (χ3n) is 4.29. The van der Waals surface area contributed by atoms with Crippen molar-refractivity contribution in [1.29, 1.82) is 0 Å². The van der Waals surface area contributed by atoms with Crippen molar-refractivity contribution >= 4 is 35.0 Å². The minimum atomic E-state index is -0.213. The lowest BCUT2D eigenvalue weighted by molar-refractivity contribution is -0.115. The molecule has 1 aliphatic heterocycles. The maximum Gasteiger partial charge on any atom is 0.255 e. The minimum absolute atomic E-state index is 0.0437. The molecule has 1 atom stereocenters. The number of carbonyl (C=O) groups is 2. The van der Waals surface area contributed by atoms with Crippen LogP contribution in [0.2, 0.25) is 0 Å². The highest BCUT2D eigenvalue weighted by molar-refractivity contribution is 8.00. The molecule has 0 radical (unpaired) electrons. The molecular formula is C20H18N4O2S. The fraction of sp³-hybridized carbons (Fsp3) is 0.150. The Bertz CT molecular complexity index is 984. The lowest BCUT2D eigenvalue weighted by atomic mass is 10.1. The summed E-state index contributed by atoms with van der Waals surface area (Å²) in [5, 5.41) is 9.79. The number of amides is 2. The molecule has 6 nitrogen and oxygen atoms in total. The van der Waals surface area contributed by atoms with Gasteiger partial charge in [0.1, 0.15) is 0 Å². The maximum atomic E-state index is 12.5. The number of rotatable bonds is 4. The van der Waals surface area contributed by atoms with Crippen LogP contribution in [-0.4, -0.2) is 26.8 Å². The number of fused-ring (bicyclic) bond motifs is 1. The van der Waals surface area contributed by atoms with E-state index in [1.807, 2.05) is 54.2 Å². The highest BCUT2D eigenvalue weighted by Gasteiger charge is 2.23. The summed E-state index contributed by atoms with van der Waals surface area (Å²) in [7, 11) is 0. The summed E-state index contributed by atoms with van der Waals surface area (Å²) in [5.74, 6) is -0.256. The van der Waals surface area contributed by atoms with Crippen LogP contribution in [0.1, 0.15) is 22.8 Å². The van der Waals surface area contributed by atoms with Crippen LogP contribution in [0.15, 0.2) is 65.8 Å². The Morgan fingerprint density at radius 3 is 2.81 bits per heavy atom. The molecule has 0 saturated heterocycles. The van der Waals surface area contributed by atoms with Gasteiger partial charge in [-0.05, 0) is 48.9 Å². The lowest BCUT2D eigenvalue weighted by Crippen LogP contribution is -2.26. The Morgan fingerprint density at radius 2 is 2.07 bits per heavy atom. The zero-order valence-electron chi connectivity index (χ0n) is 14.7.